The van der Waals surface area contributed by atoms with Crippen LogP contribution in [0.5, 0.6) is 0 Å². The highest BCUT2D eigenvalue weighted by Crippen LogP contribution is 2.37. The molecule has 1 N–H and O–H groups in total. The first kappa shape index (κ1) is 11.3. The summed E-state index contributed by atoms with van der Waals surface area (Å²) in [7, 11) is 0. The summed E-state index contributed by atoms with van der Waals surface area (Å²) in [6, 6.07) is 13.6. The number of fused-ring (bicyclic) bond motifs is 1. The molecule has 2 aromatic rings. The molecule has 0 saturated heterocycles. The van der Waals surface area contributed by atoms with Crippen LogP contribution in [0.3, 0.4) is 0 Å². The van der Waals surface area contributed by atoms with E-state index in [1.54, 1.807) is 0 Å². The van der Waals surface area contributed by atoms with Gasteiger partial charge in [0.2, 0.25) is 0 Å². The lowest BCUT2D eigenvalue weighted by atomic mass is 10.1. The topological polar surface area (TPSA) is 12.0 Å². The van der Waals surface area contributed by atoms with Gasteiger partial charge in [0.15, 0.2) is 0 Å². The molecule has 0 radical (unpaired) electrons. The second-order valence-electron chi connectivity index (χ2n) is 4.18. The molecule has 17 heavy (non-hydrogen) atoms. The molecule has 0 aliphatic carbocycles. The minimum absolute atomic E-state index is 0.538. The maximum absolute atomic E-state index is 3.66. The summed E-state index contributed by atoms with van der Waals surface area (Å²) in [6.45, 7) is 1.07. The molecular weight excluding hydrogens is 246 g/mol. The monoisotopic (exact) mass is 261 g/mol. The lowest BCUT2D eigenvalue weighted by Crippen LogP contribution is -2.23. The zero-order valence-corrected chi connectivity index (χ0v) is 11.2. The molecule has 1 aromatic carbocycles. The van der Waals surface area contributed by atoms with Crippen LogP contribution in [0, 0.1) is 0 Å². The van der Waals surface area contributed by atoms with Gasteiger partial charge in [-0.2, -0.15) is 0 Å². The van der Waals surface area contributed by atoms with E-state index in [1.165, 1.54) is 21.1 Å². The maximum Gasteiger partial charge on any atom is 0.0426 e. The lowest BCUT2D eigenvalue weighted by molar-refractivity contribution is 0.587. The second kappa shape index (κ2) is 5.25. The Labute approximate surface area is 110 Å². The van der Waals surface area contributed by atoms with Crippen molar-refractivity contribution >= 4 is 23.1 Å². The van der Waals surface area contributed by atoms with Crippen LogP contribution in [0.4, 0.5) is 0 Å². The Kier molecular flexibility index (Phi) is 3.50. The molecule has 1 aliphatic rings. The van der Waals surface area contributed by atoms with Gasteiger partial charge in [0.1, 0.15) is 0 Å². The van der Waals surface area contributed by atoms with Crippen LogP contribution in [0.1, 0.15) is 16.5 Å². The van der Waals surface area contributed by atoms with Crippen molar-refractivity contribution in [3.63, 3.8) is 0 Å². The van der Waals surface area contributed by atoms with Gasteiger partial charge in [-0.3, -0.25) is 0 Å². The van der Waals surface area contributed by atoms with Crippen molar-refractivity contribution in [2.45, 2.75) is 17.4 Å². The Bertz CT molecular complexity index is 479. The number of thiophene rings is 1. The predicted octanol–water partition coefficient (Wildman–Crippen LogP) is 3.73. The molecule has 1 atom stereocenters. The summed E-state index contributed by atoms with van der Waals surface area (Å²) in [4.78, 5) is 2.91. The van der Waals surface area contributed by atoms with Gasteiger partial charge in [-0.1, -0.05) is 24.3 Å². The van der Waals surface area contributed by atoms with E-state index >= 15 is 0 Å². The number of hydrogen-bond donors (Lipinski definition) is 1. The SMILES string of the molecule is c1csc(CCNC2CSc3ccccc32)c1. The number of rotatable bonds is 4. The van der Waals surface area contributed by atoms with Gasteiger partial charge in [0.05, 0.1) is 0 Å². The molecule has 2 heterocycles. The molecule has 0 fully saturated rings. The van der Waals surface area contributed by atoms with Crippen LogP contribution in [-0.2, 0) is 6.42 Å². The van der Waals surface area contributed by atoms with Crippen LogP contribution in [0.25, 0.3) is 0 Å². The highest BCUT2D eigenvalue weighted by molar-refractivity contribution is 7.99. The van der Waals surface area contributed by atoms with Crippen molar-refractivity contribution in [1.82, 2.24) is 5.32 Å². The first-order chi connectivity index (χ1) is 8.43. The molecule has 1 aromatic heterocycles. The first-order valence-corrected chi connectivity index (χ1v) is 7.77. The van der Waals surface area contributed by atoms with Crippen molar-refractivity contribution in [3.8, 4) is 0 Å². The molecule has 1 unspecified atom stereocenters. The molecule has 3 heteroatoms. The normalized spacial score (nSPS) is 18.2. The summed E-state index contributed by atoms with van der Waals surface area (Å²) in [5.74, 6) is 1.17. The van der Waals surface area contributed by atoms with Crippen LogP contribution in [0.15, 0.2) is 46.7 Å². The fourth-order valence-corrected chi connectivity index (χ4v) is 4.06. The van der Waals surface area contributed by atoms with Gasteiger partial charge in [0.25, 0.3) is 0 Å². The van der Waals surface area contributed by atoms with E-state index in [4.69, 9.17) is 0 Å². The summed E-state index contributed by atoms with van der Waals surface area (Å²) < 4.78 is 0. The Morgan fingerprint density at radius 3 is 3.00 bits per heavy atom. The van der Waals surface area contributed by atoms with Crippen LogP contribution < -0.4 is 5.32 Å². The number of benzene rings is 1. The molecule has 1 nitrogen and oxygen atoms in total. The van der Waals surface area contributed by atoms with E-state index in [9.17, 15) is 0 Å². The zero-order valence-electron chi connectivity index (χ0n) is 9.56. The Morgan fingerprint density at radius 1 is 1.18 bits per heavy atom. The molecule has 88 valence electrons. The molecule has 0 saturated carbocycles. The van der Waals surface area contributed by atoms with E-state index in [0.717, 1.165) is 13.0 Å². The second-order valence-corrected chi connectivity index (χ2v) is 6.28. The van der Waals surface area contributed by atoms with Crippen LogP contribution in [-0.4, -0.2) is 12.3 Å². The van der Waals surface area contributed by atoms with Gasteiger partial charge >= 0.3 is 0 Å². The number of thioether (sulfide) groups is 1. The van der Waals surface area contributed by atoms with Gasteiger partial charge < -0.3 is 5.32 Å². The summed E-state index contributed by atoms with van der Waals surface area (Å²) in [6.07, 6.45) is 1.14. The van der Waals surface area contributed by atoms with Crippen molar-refractivity contribution in [1.29, 1.82) is 0 Å². The van der Waals surface area contributed by atoms with Crippen LogP contribution in [0.2, 0.25) is 0 Å². The average molecular weight is 261 g/mol. The van der Waals surface area contributed by atoms with Gasteiger partial charge in [0, 0.05) is 28.1 Å². The average Bonchev–Trinajstić information content (AvgIpc) is 2.99. The third-order valence-electron chi connectivity index (χ3n) is 3.04. The lowest BCUT2D eigenvalue weighted by Gasteiger charge is -2.12. The standard InChI is InChI=1S/C14H15NS2/c1-2-6-14-12(5-1)13(10-17-14)15-8-7-11-4-3-9-16-11/h1-6,9,13,15H,7-8,10H2. The Morgan fingerprint density at radius 2 is 2.12 bits per heavy atom. The number of hydrogen-bond acceptors (Lipinski definition) is 3. The molecule has 0 amide bonds. The molecule has 1 aliphatic heterocycles. The quantitative estimate of drug-likeness (QED) is 0.900. The maximum atomic E-state index is 3.66. The van der Waals surface area contributed by atoms with E-state index in [1.807, 2.05) is 23.1 Å². The molecule has 0 spiro atoms. The first-order valence-electron chi connectivity index (χ1n) is 5.91. The molecular formula is C14H15NS2. The fraction of sp³-hybridized carbons (Fsp3) is 0.286. The van der Waals surface area contributed by atoms with E-state index in [0.29, 0.717) is 6.04 Å². The highest BCUT2D eigenvalue weighted by atomic mass is 32.2. The van der Waals surface area contributed by atoms with Crippen molar-refractivity contribution in [2.24, 2.45) is 0 Å². The zero-order chi connectivity index (χ0) is 11.5. The number of nitrogens with one attached hydrogen (secondary N) is 1. The van der Waals surface area contributed by atoms with Crippen molar-refractivity contribution in [3.05, 3.63) is 52.2 Å². The van der Waals surface area contributed by atoms with Crippen molar-refractivity contribution in [2.75, 3.05) is 12.3 Å². The molecule has 3 rings (SSSR count). The van der Waals surface area contributed by atoms with Gasteiger partial charge in [-0.25, -0.2) is 0 Å². The largest absolute Gasteiger partial charge is 0.309 e. The predicted molar refractivity (Wildman–Crippen MR) is 75.9 cm³/mol. The fourth-order valence-electron chi connectivity index (χ4n) is 2.16. The minimum atomic E-state index is 0.538. The third-order valence-corrected chi connectivity index (χ3v) is 5.16. The third kappa shape index (κ3) is 2.57. The van der Waals surface area contributed by atoms with Crippen LogP contribution >= 0.6 is 23.1 Å². The van der Waals surface area contributed by atoms with E-state index in [2.05, 4.69) is 47.1 Å². The van der Waals surface area contributed by atoms with Gasteiger partial charge in [-0.05, 0) is 29.5 Å². The molecule has 0 bridgehead atoms. The smallest absolute Gasteiger partial charge is 0.0426 e. The van der Waals surface area contributed by atoms with Crippen molar-refractivity contribution < 1.29 is 0 Å². The van der Waals surface area contributed by atoms with Gasteiger partial charge in [-0.15, -0.1) is 23.1 Å². The summed E-state index contributed by atoms with van der Waals surface area (Å²) in [5.41, 5.74) is 1.48. The summed E-state index contributed by atoms with van der Waals surface area (Å²) in [5, 5.41) is 5.81. The minimum Gasteiger partial charge on any atom is -0.309 e. The summed E-state index contributed by atoms with van der Waals surface area (Å²) >= 11 is 3.81. The van der Waals surface area contributed by atoms with E-state index < -0.39 is 0 Å². The highest BCUT2D eigenvalue weighted by Gasteiger charge is 2.21. The Hall–Kier alpha value is -0.770. The van der Waals surface area contributed by atoms with E-state index in [-0.39, 0.29) is 0 Å². The Balaban J connectivity index is 1.57.